The van der Waals surface area contributed by atoms with Crippen LogP contribution in [0.15, 0.2) is 67.1 Å². The van der Waals surface area contributed by atoms with E-state index in [0.29, 0.717) is 13.1 Å². The summed E-state index contributed by atoms with van der Waals surface area (Å²) in [4.78, 5) is 31.5. The molecule has 2 aliphatic heterocycles. The fraction of sp³-hybridized carbons (Fsp3) is 0.385. The van der Waals surface area contributed by atoms with E-state index in [1.807, 2.05) is 30.5 Å². The van der Waals surface area contributed by atoms with Gasteiger partial charge in [0.1, 0.15) is 0 Å². The number of anilines is 1. The standard InChI is InChI=1S/C26H30N6O/c33-25(29-16-21-9-6-11-27-15-21)23-19-31(17-20-7-2-1-3-8-20)18-22(23)24-10-12-28-26(30-24)32-13-4-5-14-32/h1-3,6-12,15,22-23H,4-5,13-14,16-19H2,(H,29,33)/t22-,23-/m0/s1. The maximum atomic E-state index is 13.3. The van der Waals surface area contributed by atoms with E-state index >= 15 is 0 Å². The second-order valence-electron chi connectivity index (χ2n) is 8.95. The molecule has 1 aromatic carbocycles. The zero-order chi connectivity index (χ0) is 22.5. The lowest BCUT2D eigenvalue weighted by atomic mass is 9.92. The van der Waals surface area contributed by atoms with Crippen molar-refractivity contribution in [3.63, 3.8) is 0 Å². The van der Waals surface area contributed by atoms with Crippen LogP contribution >= 0.6 is 0 Å². The molecular weight excluding hydrogens is 412 g/mol. The minimum Gasteiger partial charge on any atom is -0.352 e. The molecular formula is C26H30N6O. The Bertz CT molecular complexity index is 1050. The maximum absolute atomic E-state index is 13.3. The van der Waals surface area contributed by atoms with E-state index in [1.54, 1.807) is 12.4 Å². The first-order valence-electron chi connectivity index (χ1n) is 11.8. The summed E-state index contributed by atoms with van der Waals surface area (Å²) < 4.78 is 0. The van der Waals surface area contributed by atoms with Crippen LogP contribution < -0.4 is 10.2 Å². The fourth-order valence-electron chi connectivity index (χ4n) is 4.88. The number of nitrogens with one attached hydrogen (secondary N) is 1. The first-order valence-corrected chi connectivity index (χ1v) is 11.8. The van der Waals surface area contributed by atoms with Gasteiger partial charge in [-0.2, -0.15) is 0 Å². The molecule has 7 heteroatoms. The molecule has 170 valence electrons. The van der Waals surface area contributed by atoms with Gasteiger partial charge in [0, 0.05) is 63.8 Å². The molecule has 0 radical (unpaired) electrons. The lowest BCUT2D eigenvalue weighted by molar-refractivity contribution is -0.125. The van der Waals surface area contributed by atoms with Gasteiger partial charge in [-0.1, -0.05) is 36.4 Å². The van der Waals surface area contributed by atoms with Gasteiger partial charge in [-0.25, -0.2) is 9.97 Å². The van der Waals surface area contributed by atoms with Crippen LogP contribution in [0, 0.1) is 5.92 Å². The van der Waals surface area contributed by atoms with Crippen molar-refractivity contribution in [3.8, 4) is 0 Å². The van der Waals surface area contributed by atoms with Crippen molar-refractivity contribution >= 4 is 11.9 Å². The number of carbonyl (C=O) groups is 1. The number of pyridine rings is 1. The molecule has 2 aromatic heterocycles. The molecule has 3 aromatic rings. The first kappa shape index (κ1) is 21.5. The molecule has 2 aliphatic rings. The van der Waals surface area contributed by atoms with Gasteiger partial charge in [0.05, 0.1) is 11.6 Å². The van der Waals surface area contributed by atoms with Crippen LogP contribution in [0.25, 0.3) is 0 Å². The predicted molar refractivity (Wildman–Crippen MR) is 128 cm³/mol. The zero-order valence-electron chi connectivity index (χ0n) is 18.8. The molecule has 0 unspecified atom stereocenters. The average molecular weight is 443 g/mol. The molecule has 1 N–H and O–H groups in total. The van der Waals surface area contributed by atoms with Gasteiger partial charge in [-0.3, -0.25) is 14.7 Å². The molecule has 7 nitrogen and oxygen atoms in total. The normalized spacial score (nSPS) is 20.8. The second-order valence-corrected chi connectivity index (χ2v) is 8.95. The number of hydrogen-bond acceptors (Lipinski definition) is 6. The molecule has 2 saturated heterocycles. The number of carbonyl (C=O) groups excluding carboxylic acids is 1. The molecule has 0 bridgehead atoms. The number of nitrogens with zero attached hydrogens (tertiary/aromatic N) is 5. The molecule has 5 rings (SSSR count). The summed E-state index contributed by atoms with van der Waals surface area (Å²) in [5.41, 5.74) is 3.22. The topological polar surface area (TPSA) is 74.2 Å². The number of rotatable bonds is 7. The van der Waals surface area contributed by atoms with E-state index in [2.05, 4.69) is 49.4 Å². The highest BCUT2D eigenvalue weighted by molar-refractivity contribution is 5.80. The first-order chi connectivity index (χ1) is 16.3. The van der Waals surface area contributed by atoms with Crippen molar-refractivity contribution in [1.29, 1.82) is 0 Å². The van der Waals surface area contributed by atoms with Crippen molar-refractivity contribution in [2.75, 3.05) is 31.1 Å². The van der Waals surface area contributed by atoms with Crippen molar-refractivity contribution < 1.29 is 4.79 Å². The summed E-state index contributed by atoms with van der Waals surface area (Å²) >= 11 is 0. The summed E-state index contributed by atoms with van der Waals surface area (Å²) in [6.45, 7) is 4.83. The summed E-state index contributed by atoms with van der Waals surface area (Å²) in [5, 5.41) is 3.14. The van der Waals surface area contributed by atoms with Crippen LogP contribution in [-0.2, 0) is 17.9 Å². The van der Waals surface area contributed by atoms with E-state index in [9.17, 15) is 4.79 Å². The van der Waals surface area contributed by atoms with Gasteiger partial charge >= 0.3 is 0 Å². The Morgan fingerprint density at radius 3 is 2.58 bits per heavy atom. The van der Waals surface area contributed by atoms with E-state index in [0.717, 1.165) is 43.4 Å². The Morgan fingerprint density at radius 1 is 0.970 bits per heavy atom. The second kappa shape index (κ2) is 10.1. The van der Waals surface area contributed by atoms with E-state index in [4.69, 9.17) is 4.98 Å². The van der Waals surface area contributed by atoms with Gasteiger partial charge in [0.2, 0.25) is 11.9 Å². The highest BCUT2D eigenvalue weighted by Crippen LogP contribution is 2.33. The third-order valence-electron chi connectivity index (χ3n) is 6.60. The lowest BCUT2D eigenvalue weighted by Crippen LogP contribution is -2.34. The van der Waals surface area contributed by atoms with E-state index in [-0.39, 0.29) is 17.7 Å². The molecule has 2 fully saturated rings. The summed E-state index contributed by atoms with van der Waals surface area (Å²) in [6.07, 6.45) is 7.75. The Balaban J connectivity index is 1.35. The quantitative estimate of drug-likeness (QED) is 0.606. The van der Waals surface area contributed by atoms with Gasteiger partial charge < -0.3 is 10.2 Å². The van der Waals surface area contributed by atoms with Gasteiger partial charge in [0.25, 0.3) is 0 Å². The molecule has 4 heterocycles. The van der Waals surface area contributed by atoms with Crippen LogP contribution in [0.3, 0.4) is 0 Å². The highest BCUT2D eigenvalue weighted by atomic mass is 16.1. The molecule has 0 saturated carbocycles. The smallest absolute Gasteiger partial charge is 0.225 e. The Hall–Kier alpha value is -3.32. The number of aromatic nitrogens is 3. The van der Waals surface area contributed by atoms with Crippen molar-refractivity contribution in [3.05, 3.63) is 83.9 Å². The SMILES string of the molecule is O=C(NCc1cccnc1)[C@H]1CN(Cc2ccccc2)C[C@@H]1c1ccnc(N2CCCC2)n1. The third-order valence-corrected chi connectivity index (χ3v) is 6.60. The maximum Gasteiger partial charge on any atom is 0.225 e. The number of amides is 1. The number of benzene rings is 1. The third kappa shape index (κ3) is 5.20. The summed E-state index contributed by atoms with van der Waals surface area (Å²) in [5.74, 6) is 0.737. The Labute approximate surface area is 194 Å². The minimum atomic E-state index is -0.160. The summed E-state index contributed by atoms with van der Waals surface area (Å²) in [7, 11) is 0. The molecule has 0 spiro atoms. The molecule has 33 heavy (non-hydrogen) atoms. The van der Waals surface area contributed by atoms with Crippen LogP contribution in [0.5, 0.6) is 0 Å². The minimum absolute atomic E-state index is 0.0342. The van der Waals surface area contributed by atoms with E-state index in [1.165, 1.54) is 18.4 Å². The fourth-order valence-corrected chi connectivity index (χ4v) is 4.88. The number of hydrogen-bond donors (Lipinski definition) is 1. The number of likely N-dealkylation sites (tertiary alicyclic amines) is 1. The van der Waals surface area contributed by atoms with Crippen molar-refractivity contribution in [2.45, 2.75) is 31.8 Å². The van der Waals surface area contributed by atoms with Crippen molar-refractivity contribution in [1.82, 2.24) is 25.2 Å². The molecule has 1 amide bonds. The van der Waals surface area contributed by atoms with Gasteiger partial charge in [-0.15, -0.1) is 0 Å². The predicted octanol–water partition coefficient (Wildman–Crippen LogP) is 3.00. The highest BCUT2D eigenvalue weighted by Gasteiger charge is 2.39. The van der Waals surface area contributed by atoms with Crippen LogP contribution in [-0.4, -0.2) is 51.9 Å². The average Bonchev–Trinajstić information content (AvgIpc) is 3.55. The summed E-state index contributed by atoms with van der Waals surface area (Å²) in [6, 6.07) is 16.3. The van der Waals surface area contributed by atoms with Gasteiger partial charge in [-0.05, 0) is 36.1 Å². The largest absolute Gasteiger partial charge is 0.352 e. The van der Waals surface area contributed by atoms with E-state index < -0.39 is 0 Å². The van der Waals surface area contributed by atoms with Crippen LogP contribution in [0.4, 0.5) is 5.95 Å². The van der Waals surface area contributed by atoms with Crippen molar-refractivity contribution in [2.24, 2.45) is 5.92 Å². The lowest BCUT2D eigenvalue weighted by Gasteiger charge is -2.20. The van der Waals surface area contributed by atoms with Crippen LogP contribution in [0.2, 0.25) is 0 Å². The van der Waals surface area contributed by atoms with Crippen LogP contribution in [0.1, 0.15) is 35.6 Å². The zero-order valence-corrected chi connectivity index (χ0v) is 18.8. The van der Waals surface area contributed by atoms with Gasteiger partial charge in [0.15, 0.2) is 0 Å². The molecule has 2 atom stereocenters. The Kier molecular flexibility index (Phi) is 6.58. The Morgan fingerprint density at radius 2 is 1.79 bits per heavy atom. The monoisotopic (exact) mass is 442 g/mol. The molecule has 0 aliphatic carbocycles.